The van der Waals surface area contributed by atoms with Gasteiger partial charge in [-0.3, -0.25) is 4.79 Å². The number of amides is 1. The summed E-state index contributed by atoms with van der Waals surface area (Å²) in [6.45, 7) is 3.94. The van der Waals surface area contributed by atoms with Crippen LogP contribution in [-0.2, 0) is 4.79 Å². The lowest BCUT2D eigenvalue weighted by Gasteiger charge is -2.10. The van der Waals surface area contributed by atoms with E-state index in [0.717, 1.165) is 26.2 Å². The summed E-state index contributed by atoms with van der Waals surface area (Å²) in [6.07, 6.45) is 1.58. The van der Waals surface area contributed by atoms with Gasteiger partial charge in [-0.25, -0.2) is 0 Å². The normalized spacial score (nSPS) is 11.2. The van der Waals surface area contributed by atoms with E-state index in [1.165, 1.54) is 0 Å². The van der Waals surface area contributed by atoms with E-state index in [1.807, 2.05) is 50.2 Å². The molecule has 0 spiro atoms. The van der Waals surface area contributed by atoms with Crippen molar-refractivity contribution in [3.05, 3.63) is 84.7 Å². The van der Waals surface area contributed by atoms with Gasteiger partial charge >= 0.3 is 0 Å². The highest BCUT2D eigenvalue weighted by Crippen LogP contribution is 2.30. The Kier molecular flexibility index (Phi) is 6.68. The maximum atomic E-state index is 12.6. The van der Waals surface area contributed by atoms with Crippen LogP contribution in [0.3, 0.4) is 0 Å². The third kappa shape index (κ3) is 4.67. The second kappa shape index (κ2) is 9.04. The first-order chi connectivity index (χ1) is 13.8. The molecule has 0 radical (unpaired) electrons. The molecule has 0 saturated carbocycles. The number of carbonyl (C=O) groups is 1. The molecule has 7 heteroatoms. The zero-order chi connectivity index (χ0) is 21.1. The summed E-state index contributed by atoms with van der Waals surface area (Å²) in [5.41, 5.74) is 4.09. The highest BCUT2D eigenvalue weighted by atomic mass is 127. The van der Waals surface area contributed by atoms with E-state index < -0.39 is 5.91 Å². The smallest absolute Gasteiger partial charge is 0.266 e. The number of hydrogen-bond acceptors (Lipinski definition) is 2. The molecular formula is C22H16Cl2IN3O. The molecule has 0 fully saturated rings. The molecule has 146 valence electrons. The number of aryl methyl sites for hydroxylation is 1. The third-order valence-corrected chi connectivity index (χ3v) is 5.96. The first-order valence-electron chi connectivity index (χ1n) is 8.64. The molecule has 1 aromatic heterocycles. The molecule has 4 nitrogen and oxygen atoms in total. The van der Waals surface area contributed by atoms with Crippen LogP contribution >= 0.6 is 45.8 Å². The summed E-state index contributed by atoms with van der Waals surface area (Å²) in [5.74, 6) is -0.546. The highest BCUT2D eigenvalue weighted by Gasteiger charge is 2.15. The van der Waals surface area contributed by atoms with Crippen molar-refractivity contribution < 1.29 is 4.79 Å². The molecule has 1 amide bonds. The fraction of sp³-hybridized carbons (Fsp3) is 0.0909. The Bertz CT molecular complexity index is 1160. The van der Waals surface area contributed by atoms with E-state index in [9.17, 15) is 10.1 Å². The standard InChI is InChI=1S/C22H16Cl2IN3O/c1-13-10-15(14(2)28(13)18-8-6-17(25)7-9-18)11-16(12-26)22(29)27-20-5-3-4-19(23)21(20)24/h3-11H,1-2H3,(H,27,29)/b16-11+. The summed E-state index contributed by atoms with van der Waals surface area (Å²) in [5, 5.41) is 12.7. The maximum absolute atomic E-state index is 12.6. The van der Waals surface area contributed by atoms with Crippen molar-refractivity contribution in [1.82, 2.24) is 4.57 Å². The lowest BCUT2D eigenvalue weighted by atomic mass is 10.1. The van der Waals surface area contributed by atoms with Gasteiger partial charge in [-0.1, -0.05) is 29.3 Å². The number of nitrogens with one attached hydrogen (secondary N) is 1. The Hall–Kier alpha value is -2.27. The molecule has 0 atom stereocenters. The van der Waals surface area contributed by atoms with Crippen LogP contribution in [0.5, 0.6) is 0 Å². The number of anilines is 1. The van der Waals surface area contributed by atoms with Crippen molar-refractivity contribution in [1.29, 1.82) is 5.26 Å². The van der Waals surface area contributed by atoms with E-state index in [2.05, 4.69) is 32.5 Å². The van der Waals surface area contributed by atoms with Crippen molar-refractivity contribution in [3.8, 4) is 11.8 Å². The van der Waals surface area contributed by atoms with E-state index >= 15 is 0 Å². The second-order valence-corrected chi connectivity index (χ2v) is 8.39. The summed E-state index contributed by atoms with van der Waals surface area (Å²) in [4.78, 5) is 12.6. The zero-order valence-corrected chi connectivity index (χ0v) is 19.3. The maximum Gasteiger partial charge on any atom is 0.266 e. The Balaban J connectivity index is 1.94. The monoisotopic (exact) mass is 535 g/mol. The van der Waals surface area contributed by atoms with Crippen LogP contribution in [0.25, 0.3) is 11.8 Å². The van der Waals surface area contributed by atoms with Gasteiger partial charge in [0.15, 0.2) is 0 Å². The molecule has 3 rings (SSSR count). The van der Waals surface area contributed by atoms with Gasteiger partial charge in [-0.15, -0.1) is 0 Å². The number of carbonyl (C=O) groups excluding carboxylic acids is 1. The molecule has 1 heterocycles. The number of nitrogens with zero attached hydrogens (tertiary/aromatic N) is 2. The first-order valence-corrected chi connectivity index (χ1v) is 10.5. The Morgan fingerprint density at radius 3 is 2.52 bits per heavy atom. The van der Waals surface area contributed by atoms with Gasteiger partial charge < -0.3 is 9.88 Å². The van der Waals surface area contributed by atoms with Gasteiger partial charge in [0, 0.05) is 20.6 Å². The lowest BCUT2D eigenvalue weighted by Crippen LogP contribution is -2.13. The molecule has 0 aliphatic carbocycles. The van der Waals surface area contributed by atoms with Gasteiger partial charge in [0.1, 0.15) is 11.6 Å². The van der Waals surface area contributed by atoms with Crippen LogP contribution in [0.2, 0.25) is 10.0 Å². The molecule has 0 saturated heterocycles. The predicted molar refractivity (Wildman–Crippen MR) is 127 cm³/mol. The Morgan fingerprint density at radius 2 is 1.86 bits per heavy atom. The van der Waals surface area contributed by atoms with E-state index in [0.29, 0.717) is 10.7 Å². The number of benzene rings is 2. The molecule has 0 aliphatic rings. The van der Waals surface area contributed by atoms with Crippen molar-refractivity contribution in [3.63, 3.8) is 0 Å². The van der Waals surface area contributed by atoms with Crippen molar-refractivity contribution in [2.24, 2.45) is 0 Å². The van der Waals surface area contributed by atoms with Gasteiger partial charge in [-0.2, -0.15) is 5.26 Å². The summed E-state index contributed by atoms with van der Waals surface area (Å²) < 4.78 is 3.24. The van der Waals surface area contributed by atoms with Gasteiger partial charge in [-0.05, 0) is 90.5 Å². The molecule has 29 heavy (non-hydrogen) atoms. The van der Waals surface area contributed by atoms with Crippen LogP contribution in [-0.4, -0.2) is 10.5 Å². The van der Waals surface area contributed by atoms with E-state index in [-0.39, 0.29) is 10.6 Å². The molecule has 0 bridgehead atoms. The van der Waals surface area contributed by atoms with Gasteiger partial charge in [0.05, 0.1) is 15.7 Å². The number of hydrogen-bond donors (Lipinski definition) is 1. The average Bonchev–Trinajstić information content (AvgIpc) is 2.97. The van der Waals surface area contributed by atoms with Crippen LogP contribution in [0, 0.1) is 28.7 Å². The minimum absolute atomic E-state index is 0.0242. The fourth-order valence-corrected chi connectivity index (χ4v) is 3.72. The van der Waals surface area contributed by atoms with Crippen LogP contribution in [0.1, 0.15) is 17.0 Å². The summed E-state index contributed by atoms with van der Waals surface area (Å²) >= 11 is 14.4. The number of rotatable bonds is 4. The molecule has 3 aromatic rings. The van der Waals surface area contributed by atoms with Crippen molar-refractivity contribution in [2.45, 2.75) is 13.8 Å². The predicted octanol–water partition coefficient (Wildman–Crippen LogP) is 6.55. The second-order valence-electron chi connectivity index (χ2n) is 6.36. The number of nitriles is 1. The molecule has 2 aromatic carbocycles. The molecule has 0 aliphatic heterocycles. The zero-order valence-electron chi connectivity index (χ0n) is 15.6. The van der Waals surface area contributed by atoms with E-state index in [1.54, 1.807) is 24.3 Å². The first kappa shape index (κ1) is 21.4. The average molecular weight is 536 g/mol. The number of aromatic nitrogens is 1. The largest absolute Gasteiger partial charge is 0.320 e. The number of halogens is 3. The molecule has 0 unspecified atom stereocenters. The van der Waals surface area contributed by atoms with E-state index in [4.69, 9.17) is 23.2 Å². The van der Waals surface area contributed by atoms with Crippen LogP contribution in [0.15, 0.2) is 54.1 Å². The molecule has 1 N–H and O–H groups in total. The van der Waals surface area contributed by atoms with Crippen LogP contribution in [0.4, 0.5) is 5.69 Å². The Labute approximate surface area is 192 Å². The van der Waals surface area contributed by atoms with Crippen molar-refractivity contribution in [2.75, 3.05) is 5.32 Å². The topological polar surface area (TPSA) is 57.8 Å². The van der Waals surface area contributed by atoms with Crippen molar-refractivity contribution >= 4 is 63.5 Å². The fourth-order valence-electron chi connectivity index (χ4n) is 3.02. The lowest BCUT2D eigenvalue weighted by molar-refractivity contribution is -0.112. The quantitative estimate of drug-likeness (QED) is 0.234. The Morgan fingerprint density at radius 1 is 1.17 bits per heavy atom. The highest BCUT2D eigenvalue weighted by molar-refractivity contribution is 14.1. The minimum Gasteiger partial charge on any atom is -0.320 e. The van der Waals surface area contributed by atoms with Gasteiger partial charge in [0.2, 0.25) is 0 Å². The summed E-state index contributed by atoms with van der Waals surface area (Å²) in [6, 6.07) is 17.0. The minimum atomic E-state index is -0.546. The SMILES string of the molecule is Cc1cc(/C=C(\C#N)C(=O)Nc2cccc(Cl)c2Cl)c(C)n1-c1ccc(I)cc1. The van der Waals surface area contributed by atoms with Crippen LogP contribution < -0.4 is 5.32 Å². The summed E-state index contributed by atoms with van der Waals surface area (Å²) in [7, 11) is 0. The molecular weight excluding hydrogens is 520 g/mol. The van der Waals surface area contributed by atoms with Gasteiger partial charge in [0.25, 0.3) is 5.91 Å². The third-order valence-electron chi connectivity index (χ3n) is 4.42.